The van der Waals surface area contributed by atoms with E-state index in [2.05, 4.69) is 9.97 Å². The maximum atomic E-state index is 12.8. The lowest BCUT2D eigenvalue weighted by Gasteiger charge is -2.33. The summed E-state index contributed by atoms with van der Waals surface area (Å²) in [6.07, 6.45) is 3.96. The molecule has 7 nitrogen and oxygen atoms in total. The summed E-state index contributed by atoms with van der Waals surface area (Å²) >= 11 is 0. The van der Waals surface area contributed by atoms with Crippen molar-refractivity contribution in [3.05, 3.63) is 54.1 Å². The van der Waals surface area contributed by atoms with E-state index in [1.807, 2.05) is 35.2 Å². The summed E-state index contributed by atoms with van der Waals surface area (Å²) in [6.45, 7) is 1.05. The molecule has 0 aliphatic carbocycles. The molecule has 7 heteroatoms. The largest absolute Gasteiger partial charge is 0.351 e. The third-order valence-electron chi connectivity index (χ3n) is 5.63. The molecule has 5 rings (SSSR count). The van der Waals surface area contributed by atoms with E-state index in [1.165, 1.54) is 12.5 Å². The number of amides is 2. The van der Waals surface area contributed by atoms with Gasteiger partial charge in [-0.2, -0.15) is 0 Å². The summed E-state index contributed by atoms with van der Waals surface area (Å²) in [7, 11) is 0. The lowest BCUT2D eigenvalue weighted by atomic mass is 10.0. The number of hydrogen-bond donors (Lipinski definition) is 1. The summed E-state index contributed by atoms with van der Waals surface area (Å²) in [5, 5.41) is 0. The van der Waals surface area contributed by atoms with Crippen molar-refractivity contribution in [3.63, 3.8) is 0 Å². The molecule has 25 heavy (non-hydrogen) atoms. The minimum atomic E-state index is -0.687. The molecule has 1 aromatic carbocycles. The van der Waals surface area contributed by atoms with Crippen molar-refractivity contribution in [1.29, 1.82) is 0 Å². The van der Waals surface area contributed by atoms with E-state index < -0.39 is 5.72 Å². The number of aromatic amines is 1. The van der Waals surface area contributed by atoms with Crippen LogP contribution < -0.4 is 0 Å². The zero-order valence-electron chi connectivity index (χ0n) is 13.6. The van der Waals surface area contributed by atoms with Gasteiger partial charge in [0.1, 0.15) is 5.69 Å². The molecule has 1 aromatic heterocycles. The van der Waals surface area contributed by atoms with Crippen LogP contribution in [-0.4, -0.2) is 56.5 Å². The van der Waals surface area contributed by atoms with Gasteiger partial charge >= 0.3 is 0 Å². The third-order valence-corrected chi connectivity index (χ3v) is 5.63. The summed E-state index contributed by atoms with van der Waals surface area (Å²) in [4.78, 5) is 36.0. The number of imidazole rings is 1. The van der Waals surface area contributed by atoms with Crippen molar-refractivity contribution in [2.75, 3.05) is 13.2 Å². The molecule has 2 aromatic rings. The normalized spacial score (nSPS) is 30.6. The van der Waals surface area contributed by atoms with E-state index in [4.69, 9.17) is 4.74 Å². The minimum Gasteiger partial charge on any atom is -0.351 e. The average molecular weight is 338 g/mol. The third kappa shape index (κ3) is 1.93. The smallest absolute Gasteiger partial charge is 0.272 e. The Kier molecular flexibility index (Phi) is 3.03. The van der Waals surface area contributed by atoms with E-state index in [9.17, 15) is 9.59 Å². The van der Waals surface area contributed by atoms with Crippen LogP contribution in [0.5, 0.6) is 0 Å². The van der Waals surface area contributed by atoms with Gasteiger partial charge < -0.3 is 19.5 Å². The summed E-state index contributed by atoms with van der Waals surface area (Å²) in [6, 6.07) is 9.63. The molecule has 0 saturated carbocycles. The Morgan fingerprint density at radius 1 is 1.32 bits per heavy atom. The Labute approximate surface area is 144 Å². The standard InChI is InChI=1S/C18H18N4O3/c23-16-8-15-18(6-7-21(15)17(24)13-9-19-11-20-13)22(16)14(10-25-18)12-4-2-1-3-5-12/h1-5,9,11,14-15H,6-8,10H2,(H,19,20)/t14-,15+,18-/m0/s1. The van der Waals surface area contributed by atoms with Gasteiger partial charge in [0.25, 0.3) is 5.91 Å². The molecule has 128 valence electrons. The first-order valence-electron chi connectivity index (χ1n) is 8.51. The second kappa shape index (κ2) is 5.16. The second-order valence-electron chi connectivity index (χ2n) is 6.78. The van der Waals surface area contributed by atoms with E-state index in [-0.39, 0.29) is 23.9 Å². The predicted octanol–water partition coefficient (Wildman–Crippen LogP) is 1.32. The van der Waals surface area contributed by atoms with Gasteiger partial charge in [-0.15, -0.1) is 0 Å². The molecule has 2 amide bonds. The molecule has 0 unspecified atom stereocenters. The molecule has 1 N–H and O–H groups in total. The number of benzene rings is 1. The lowest BCUT2D eigenvalue weighted by Crippen LogP contribution is -2.49. The Balaban J connectivity index is 1.48. The number of ether oxygens (including phenoxy) is 1. The minimum absolute atomic E-state index is 0.0541. The summed E-state index contributed by atoms with van der Waals surface area (Å²) in [5.74, 6) is -0.0701. The molecule has 3 fully saturated rings. The fourth-order valence-electron chi connectivity index (χ4n) is 4.54. The van der Waals surface area contributed by atoms with Crippen LogP contribution in [0.4, 0.5) is 0 Å². The molecular weight excluding hydrogens is 320 g/mol. The Morgan fingerprint density at radius 3 is 2.92 bits per heavy atom. The van der Waals surface area contributed by atoms with Crippen molar-refractivity contribution in [2.45, 2.75) is 30.7 Å². The van der Waals surface area contributed by atoms with Crippen molar-refractivity contribution in [3.8, 4) is 0 Å². The van der Waals surface area contributed by atoms with Crippen LogP contribution in [0.15, 0.2) is 42.9 Å². The van der Waals surface area contributed by atoms with E-state index in [0.29, 0.717) is 31.7 Å². The van der Waals surface area contributed by atoms with Crippen molar-refractivity contribution in [1.82, 2.24) is 19.8 Å². The summed E-state index contributed by atoms with van der Waals surface area (Å²) < 4.78 is 6.21. The van der Waals surface area contributed by atoms with Crippen LogP contribution in [0.2, 0.25) is 0 Å². The topological polar surface area (TPSA) is 78.5 Å². The number of H-pyrrole nitrogens is 1. The maximum absolute atomic E-state index is 12.8. The van der Waals surface area contributed by atoms with Gasteiger partial charge in [-0.3, -0.25) is 9.59 Å². The Bertz CT molecular complexity index is 822. The number of carbonyl (C=O) groups is 2. The van der Waals surface area contributed by atoms with Crippen molar-refractivity contribution < 1.29 is 14.3 Å². The predicted molar refractivity (Wildman–Crippen MR) is 87.4 cm³/mol. The molecule has 0 radical (unpaired) electrons. The average Bonchev–Trinajstić information content (AvgIpc) is 3.38. The first-order chi connectivity index (χ1) is 12.2. The molecule has 3 aliphatic rings. The van der Waals surface area contributed by atoms with Crippen LogP contribution in [0.3, 0.4) is 0 Å². The van der Waals surface area contributed by atoms with Crippen LogP contribution >= 0.6 is 0 Å². The maximum Gasteiger partial charge on any atom is 0.272 e. The van der Waals surface area contributed by atoms with Crippen LogP contribution in [0, 0.1) is 0 Å². The van der Waals surface area contributed by atoms with Crippen molar-refractivity contribution in [2.24, 2.45) is 0 Å². The van der Waals surface area contributed by atoms with Gasteiger partial charge in [0.2, 0.25) is 5.91 Å². The first kappa shape index (κ1) is 14.7. The highest BCUT2D eigenvalue weighted by molar-refractivity contribution is 5.94. The number of nitrogens with zero attached hydrogens (tertiary/aromatic N) is 3. The lowest BCUT2D eigenvalue weighted by molar-refractivity contribution is -0.138. The fraction of sp³-hybridized carbons (Fsp3) is 0.389. The molecule has 3 aliphatic heterocycles. The van der Waals surface area contributed by atoms with Gasteiger partial charge in [0.15, 0.2) is 5.72 Å². The van der Waals surface area contributed by atoms with E-state index in [1.54, 1.807) is 4.90 Å². The summed E-state index contributed by atoms with van der Waals surface area (Å²) in [5.41, 5.74) is 0.833. The molecule has 0 bridgehead atoms. The van der Waals surface area contributed by atoms with Crippen LogP contribution in [0.1, 0.15) is 34.9 Å². The molecule has 3 saturated heterocycles. The zero-order chi connectivity index (χ0) is 17.0. The second-order valence-corrected chi connectivity index (χ2v) is 6.78. The Hall–Kier alpha value is -2.67. The molecular formula is C18H18N4O3. The monoisotopic (exact) mass is 338 g/mol. The highest BCUT2D eigenvalue weighted by Gasteiger charge is 2.65. The quantitative estimate of drug-likeness (QED) is 0.896. The van der Waals surface area contributed by atoms with Crippen molar-refractivity contribution >= 4 is 11.8 Å². The van der Waals surface area contributed by atoms with Gasteiger partial charge in [-0.1, -0.05) is 30.3 Å². The number of hydrogen-bond acceptors (Lipinski definition) is 4. The van der Waals surface area contributed by atoms with Gasteiger partial charge in [0, 0.05) is 13.0 Å². The van der Waals surface area contributed by atoms with Crippen LogP contribution in [0.25, 0.3) is 0 Å². The van der Waals surface area contributed by atoms with Gasteiger partial charge in [-0.05, 0) is 5.56 Å². The fourth-order valence-corrected chi connectivity index (χ4v) is 4.54. The number of rotatable bonds is 2. The number of aromatic nitrogens is 2. The van der Waals surface area contributed by atoms with Gasteiger partial charge in [-0.25, -0.2) is 4.98 Å². The van der Waals surface area contributed by atoms with Gasteiger partial charge in [0.05, 0.1) is 37.6 Å². The molecule has 3 atom stereocenters. The zero-order valence-corrected chi connectivity index (χ0v) is 13.6. The molecule has 1 spiro atoms. The van der Waals surface area contributed by atoms with E-state index in [0.717, 1.165) is 5.56 Å². The highest BCUT2D eigenvalue weighted by atomic mass is 16.5. The highest BCUT2D eigenvalue weighted by Crippen LogP contribution is 2.51. The number of likely N-dealkylation sites (tertiary alicyclic amines) is 1. The number of nitrogens with one attached hydrogen (secondary N) is 1. The SMILES string of the molecule is O=C(c1cnc[nH]1)N1CC[C@@]23OC[C@@H](c4ccccc4)N2C(=O)C[C@@H]13. The molecule has 4 heterocycles. The van der Waals surface area contributed by atoms with E-state index >= 15 is 0 Å². The number of carbonyl (C=O) groups excluding carboxylic acids is 2. The first-order valence-corrected chi connectivity index (χ1v) is 8.51. The van der Waals surface area contributed by atoms with Crippen LogP contribution in [-0.2, 0) is 9.53 Å². The Morgan fingerprint density at radius 2 is 2.16 bits per heavy atom.